The van der Waals surface area contributed by atoms with E-state index in [0.717, 1.165) is 19.3 Å². The van der Waals surface area contributed by atoms with Gasteiger partial charge in [-0.1, -0.05) is 31.5 Å². The number of nitrogens with zero attached hydrogens (tertiary/aromatic N) is 1. The Morgan fingerprint density at radius 1 is 1.35 bits per heavy atom. The van der Waals surface area contributed by atoms with Crippen molar-refractivity contribution in [1.82, 2.24) is 4.72 Å². The van der Waals surface area contributed by atoms with Crippen molar-refractivity contribution in [3.05, 3.63) is 35.4 Å². The molecule has 0 unspecified atom stereocenters. The van der Waals surface area contributed by atoms with Crippen LogP contribution in [0.2, 0.25) is 0 Å². The second-order valence-electron chi connectivity index (χ2n) is 5.56. The standard InChI is InChI=1S/C15H20N2O2S/c1-2-15(8-5-9-15)12-17-20(18,19)11-14-7-4-3-6-13(14)10-16/h3-4,6-7,17H,2,5,8-9,11-12H2,1H3. The predicted octanol–water partition coefficient (Wildman–Crippen LogP) is 2.56. The van der Waals surface area contributed by atoms with E-state index in [1.54, 1.807) is 24.3 Å². The van der Waals surface area contributed by atoms with Crippen molar-refractivity contribution in [2.75, 3.05) is 6.54 Å². The number of nitriles is 1. The zero-order chi connectivity index (χ0) is 14.6. The number of hydrogen-bond acceptors (Lipinski definition) is 3. The molecule has 1 aliphatic rings. The van der Waals surface area contributed by atoms with E-state index in [2.05, 4.69) is 11.6 Å². The van der Waals surface area contributed by atoms with Gasteiger partial charge in [0.2, 0.25) is 10.0 Å². The third-order valence-electron chi connectivity index (χ3n) is 4.31. The molecule has 0 aliphatic heterocycles. The quantitative estimate of drug-likeness (QED) is 0.876. The fourth-order valence-electron chi connectivity index (χ4n) is 2.61. The fraction of sp³-hybridized carbons (Fsp3) is 0.533. The molecule has 0 aromatic heterocycles. The van der Waals surface area contributed by atoms with Crippen LogP contribution in [0.15, 0.2) is 24.3 Å². The second kappa shape index (κ2) is 5.94. The monoisotopic (exact) mass is 292 g/mol. The minimum absolute atomic E-state index is 0.128. The van der Waals surface area contributed by atoms with Crippen molar-refractivity contribution in [3.8, 4) is 6.07 Å². The van der Waals surface area contributed by atoms with Gasteiger partial charge >= 0.3 is 0 Å². The molecule has 0 bridgehead atoms. The lowest BCUT2D eigenvalue weighted by molar-refractivity contribution is 0.133. The highest BCUT2D eigenvalue weighted by atomic mass is 32.2. The lowest BCUT2D eigenvalue weighted by Gasteiger charge is -2.41. The first-order chi connectivity index (χ1) is 9.50. The first kappa shape index (κ1) is 15.0. The molecule has 0 amide bonds. The molecule has 0 radical (unpaired) electrons. The Labute approximate surface area is 120 Å². The number of benzene rings is 1. The Balaban J connectivity index is 2.03. The molecule has 108 valence electrons. The van der Waals surface area contributed by atoms with Gasteiger partial charge in [0.05, 0.1) is 17.4 Å². The van der Waals surface area contributed by atoms with Crippen LogP contribution in [0.4, 0.5) is 0 Å². The van der Waals surface area contributed by atoms with Crippen LogP contribution >= 0.6 is 0 Å². The summed E-state index contributed by atoms with van der Waals surface area (Å²) in [6.45, 7) is 2.62. The zero-order valence-electron chi connectivity index (χ0n) is 11.7. The van der Waals surface area contributed by atoms with Crippen LogP contribution < -0.4 is 4.72 Å². The molecule has 0 atom stereocenters. The summed E-state index contributed by atoms with van der Waals surface area (Å²) < 4.78 is 27.0. The van der Waals surface area contributed by atoms with E-state index in [-0.39, 0.29) is 11.2 Å². The number of nitrogens with one attached hydrogen (secondary N) is 1. The summed E-state index contributed by atoms with van der Waals surface area (Å²) in [4.78, 5) is 0. The lowest BCUT2D eigenvalue weighted by atomic mass is 9.67. The molecule has 4 nitrogen and oxygen atoms in total. The fourth-order valence-corrected chi connectivity index (χ4v) is 3.90. The molecule has 5 heteroatoms. The summed E-state index contributed by atoms with van der Waals surface area (Å²) in [5, 5.41) is 8.99. The summed E-state index contributed by atoms with van der Waals surface area (Å²) in [5.41, 5.74) is 1.13. The highest BCUT2D eigenvalue weighted by molar-refractivity contribution is 7.88. The topological polar surface area (TPSA) is 70.0 Å². The van der Waals surface area contributed by atoms with E-state index in [1.807, 2.05) is 6.07 Å². The van der Waals surface area contributed by atoms with Crippen molar-refractivity contribution in [2.45, 2.75) is 38.4 Å². The van der Waals surface area contributed by atoms with E-state index in [0.29, 0.717) is 17.7 Å². The molecular weight excluding hydrogens is 272 g/mol. The van der Waals surface area contributed by atoms with Gasteiger partial charge < -0.3 is 0 Å². The van der Waals surface area contributed by atoms with Crippen molar-refractivity contribution in [2.24, 2.45) is 5.41 Å². The molecule has 0 saturated heterocycles. The molecule has 1 saturated carbocycles. The molecule has 0 spiro atoms. The summed E-state index contributed by atoms with van der Waals surface area (Å²) in [6, 6.07) is 8.86. The highest BCUT2D eigenvalue weighted by Gasteiger charge is 2.35. The van der Waals surface area contributed by atoms with Crippen molar-refractivity contribution < 1.29 is 8.42 Å². The van der Waals surface area contributed by atoms with Gasteiger partial charge in [0.1, 0.15) is 0 Å². The summed E-state index contributed by atoms with van der Waals surface area (Å²) in [6.07, 6.45) is 4.39. The first-order valence-corrected chi connectivity index (χ1v) is 8.61. The van der Waals surface area contributed by atoms with Gasteiger partial charge in [0.15, 0.2) is 0 Å². The molecule has 2 rings (SSSR count). The maximum Gasteiger partial charge on any atom is 0.215 e. The van der Waals surface area contributed by atoms with Crippen molar-refractivity contribution >= 4 is 10.0 Å². The van der Waals surface area contributed by atoms with Gasteiger partial charge in [-0.05, 0) is 36.3 Å². The molecular formula is C15H20N2O2S. The SMILES string of the molecule is CCC1(CNS(=O)(=O)Cc2ccccc2C#N)CCC1. The van der Waals surface area contributed by atoms with Gasteiger partial charge in [-0.2, -0.15) is 5.26 Å². The summed E-state index contributed by atoms with van der Waals surface area (Å²) in [7, 11) is -3.39. The minimum Gasteiger partial charge on any atom is -0.214 e. The van der Waals surface area contributed by atoms with E-state index in [4.69, 9.17) is 5.26 Å². The Hall–Kier alpha value is -1.38. The normalized spacial score (nSPS) is 17.2. The average Bonchev–Trinajstić information content (AvgIpc) is 2.38. The Bertz CT molecular complexity index is 607. The van der Waals surface area contributed by atoms with Crippen LogP contribution in [-0.4, -0.2) is 15.0 Å². The first-order valence-electron chi connectivity index (χ1n) is 6.96. The molecule has 1 aliphatic carbocycles. The number of hydrogen-bond donors (Lipinski definition) is 1. The van der Waals surface area contributed by atoms with Crippen molar-refractivity contribution in [1.29, 1.82) is 5.26 Å². The van der Waals surface area contributed by atoms with Crippen LogP contribution in [0.1, 0.15) is 43.7 Å². The Kier molecular flexibility index (Phi) is 4.46. The van der Waals surface area contributed by atoms with Crippen LogP contribution in [-0.2, 0) is 15.8 Å². The third-order valence-corrected chi connectivity index (χ3v) is 5.59. The van der Waals surface area contributed by atoms with Crippen LogP contribution in [0.3, 0.4) is 0 Å². The highest BCUT2D eigenvalue weighted by Crippen LogP contribution is 2.43. The van der Waals surface area contributed by atoms with Crippen LogP contribution in [0.5, 0.6) is 0 Å². The zero-order valence-corrected chi connectivity index (χ0v) is 12.5. The molecule has 1 aromatic rings. The molecule has 1 fully saturated rings. The molecule has 1 aromatic carbocycles. The Morgan fingerprint density at radius 2 is 2.05 bits per heavy atom. The van der Waals surface area contributed by atoms with Crippen LogP contribution in [0.25, 0.3) is 0 Å². The maximum atomic E-state index is 12.2. The second-order valence-corrected chi connectivity index (χ2v) is 7.36. The van der Waals surface area contributed by atoms with Crippen LogP contribution in [0, 0.1) is 16.7 Å². The number of sulfonamides is 1. The molecule has 20 heavy (non-hydrogen) atoms. The molecule has 1 N–H and O–H groups in total. The third kappa shape index (κ3) is 3.38. The van der Waals surface area contributed by atoms with Crippen molar-refractivity contribution in [3.63, 3.8) is 0 Å². The lowest BCUT2D eigenvalue weighted by Crippen LogP contribution is -2.42. The van der Waals surface area contributed by atoms with Gasteiger partial charge in [0.25, 0.3) is 0 Å². The van der Waals surface area contributed by atoms with Gasteiger partial charge in [-0.15, -0.1) is 0 Å². The summed E-state index contributed by atoms with van der Waals surface area (Å²) >= 11 is 0. The van der Waals surface area contributed by atoms with Gasteiger partial charge in [-0.3, -0.25) is 0 Å². The van der Waals surface area contributed by atoms with E-state index >= 15 is 0 Å². The minimum atomic E-state index is -3.39. The summed E-state index contributed by atoms with van der Waals surface area (Å²) in [5.74, 6) is -0.128. The average molecular weight is 292 g/mol. The van der Waals surface area contributed by atoms with Gasteiger partial charge in [-0.25, -0.2) is 13.1 Å². The maximum absolute atomic E-state index is 12.2. The molecule has 0 heterocycles. The van der Waals surface area contributed by atoms with Gasteiger partial charge in [0, 0.05) is 6.54 Å². The largest absolute Gasteiger partial charge is 0.215 e. The van der Waals surface area contributed by atoms with E-state index in [1.165, 1.54) is 6.42 Å². The van der Waals surface area contributed by atoms with E-state index < -0.39 is 10.0 Å². The van der Waals surface area contributed by atoms with E-state index in [9.17, 15) is 8.42 Å². The predicted molar refractivity (Wildman–Crippen MR) is 78.4 cm³/mol. The number of rotatable bonds is 6. The Morgan fingerprint density at radius 3 is 2.60 bits per heavy atom. The smallest absolute Gasteiger partial charge is 0.214 e.